The molecule has 1 saturated heterocycles. The van der Waals surface area contributed by atoms with Gasteiger partial charge in [-0.2, -0.15) is 0 Å². The highest BCUT2D eigenvalue weighted by molar-refractivity contribution is 6.11. The maximum Gasteiger partial charge on any atom is 0.259 e. The van der Waals surface area contributed by atoms with Crippen LogP contribution in [0.25, 0.3) is 11.0 Å². The number of imidazole rings is 1. The van der Waals surface area contributed by atoms with E-state index in [1.165, 1.54) is 13.5 Å². The lowest BCUT2D eigenvalue weighted by molar-refractivity contribution is 0.0988. The van der Waals surface area contributed by atoms with Gasteiger partial charge < -0.3 is 24.8 Å². The van der Waals surface area contributed by atoms with Crippen molar-refractivity contribution in [1.82, 2.24) is 9.97 Å². The van der Waals surface area contributed by atoms with Crippen LogP contribution in [0.5, 0.6) is 5.75 Å². The van der Waals surface area contributed by atoms with Crippen LogP contribution in [0.4, 0.5) is 17.1 Å². The number of carbonyl (C=O) groups excluding carboxylic acids is 2. The zero-order valence-corrected chi connectivity index (χ0v) is 22.6. The van der Waals surface area contributed by atoms with E-state index in [1.54, 1.807) is 36.2 Å². The second-order valence-electron chi connectivity index (χ2n) is 9.29. The fourth-order valence-electron chi connectivity index (χ4n) is 4.91. The molecule has 0 aliphatic carbocycles. The summed E-state index contributed by atoms with van der Waals surface area (Å²) < 4.78 is 5.53. The number of halogens is 1. The van der Waals surface area contributed by atoms with Gasteiger partial charge in [0.2, 0.25) is 0 Å². The summed E-state index contributed by atoms with van der Waals surface area (Å²) >= 11 is 0. The van der Waals surface area contributed by atoms with Crippen molar-refractivity contribution in [2.24, 2.45) is 0 Å². The number of methoxy groups -OCH3 is 1. The summed E-state index contributed by atoms with van der Waals surface area (Å²) in [5.41, 5.74) is 4.82. The van der Waals surface area contributed by atoms with E-state index in [4.69, 9.17) is 4.74 Å². The van der Waals surface area contributed by atoms with Crippen molar-refractivity contribution in [2.45, 2.75) is 26.2 Å². The Bertz CT molecular complexity index is 1460. The Morgan fingerprint density at radius 3 is 2.55 bits per heavy atom. The fraction of sp³-hybridized carbons (Fsp3) is 0.276. The quantitative estimate of drug-likeness (QED) is 0.326. The number of benzene rings is 3. The Hall–Kier alpha value is -4.04. The van der Waals surface area contributed by atoms with Gasteiger partial charge in [0.05, 0.1) is 35.3 Å². The number of aryl methyl sites for hydroxylation is 1. The number of H-pyrrole nitrogens is 1. The van der Waals surface area contributed by atoms with E-state index in [0.29, 0.717) is 28.1 Å². The molecule has 0 spiro atoms. The summed E-state index contributed by atoms with van der Waals surface area (Å²) in [6.45, 7) is 3.84. The summed E-state index contributed by atoms with van der Waals surface area (Å²) in [4.78, 5) is 38.3. The van der Waals surface area contributed by atoms with Crippen LogP contribution in [0.3, 0.4) is 0 Å². The minimum Gasteiger partial charge on any atom is -0.496 e. The highest BCUT2D eigenvalue weighted by Crippen LogP contribution is 2.32. The maximum absolute atomic E-state index is 13.5. The number of hydrogen-bond acceptors (Lipinski definition) is 5. The summed E-state index contributed by atoms with van der Waals surface area (Å²) in [5, 5.41) is 2.93. The molecule has 0 radical (unpaired) electrons. The minimum absolute atomic E-state index is 0. The number of hydrogen-bond donors (Lipinski definition) is 2. The van der Waals surface area contributed by atoms with Gasteiger partial charge in [-0.3, -0.25) is 9.59 Å². The first-order chi connectivity index (χ1) is 18.0. The zero-order valence-electron chi connectivity index (χ0n) is 21.8. The molecule has 8 nitrogen and oxygen atoms in total. The Kier molecular flexibility index (Phi) is 8.22. The van der Waals surface area contributed by atoms with E-state index in [0.717, 1.165) is 48.6 Å². The Morgan fingerprint density at radius 2 is 1.79 bits per heavy atom. The highest BCUT2D eigenvalue weighted by atomic mass is 35.5. The fourth-order valence-corrected chi connectivity index (χ4v) is 4.91. The largest absolute Gasteiger partial charge is 0.496 e. The van der Waals surface area contributed by atoms with Crippen LogP contribution in [0, 0.1) is 6.92 Å². The third kappa shape index (κ3) is 5.31. The van der Waals surface area contributed by atoms with Crippen molar-refractivity contribution >= 4 is 52.3 Å². The van der Waals surface area contributed by atoms with Crippen LogP contribution in [0.1, 0.15) is 45.8 Å². The summed E-state index contributed by atoms with van der Waals surface area (Å²) in [6, 6.07) is 18.5. The molecular formula is C29H32ClN5O3. The number of piperidine rings is 1. The van der Waals surface area contributed by atoms with E-state index in [1.807, 2.05) is 37.3 Å². The molecule has 5 rings (SSSR count). The second kappa shape index (κ2) is 11.6. The van der Waals surface area contributed by atoms with Gasteiger partial charge in [-0.1, -0.05) is 18.2 Å². The van der Waals surface area contributed by atoms with Crippen LogP contribution in [-0.2, 0) is 0 Å². The number of aromatic nitrogens is 2. The molecule has 9 heteroatoms. The van der Waals surface area contributed by atoms with Crippen LogP contribution in [0.2, 0.25) is 0 Å². The van der Waals surface area contributed by atoms with E-state index >= 15 is 0 Å². The first kappa shape index (κ1) is 27.0. The van der Waals surface area contributed by atoms with E-state index in [-0.39, 0.29) is 24.2 Å². The van der Waals surface area contributed by atoms with Crippen LogP contribution in [0.15, 0.2) is 60.7 Å². The lowest BCUT2D eigenvalue weighted by Gasteiger charge is -2.32. The second-order valence-corrected chi connectivity index (χ2v) is 9.29. The van der Waals surface area contributed by atoms with Crippen LogP contribution in [-0.4, -0.2) is 49.0 Å². The molecule has 0 atom stereocenters. The first-order valence-electron chi connectivity index (χ1n) is 12.5. The van der Waals surface area contributed by atoms with E-state index < -0.39 is 0 Å². The molecule has 0 unspecified atom stereocenters. The standard InChI is InChI=1S/C29H31N5O3.ClH/c1-19-30-22-10-9-11-23(27(22)31-19)32-28(35)21-15-14-20(18-26(21)37-3)29(36)33(2)24-12-5-6-13-25(24)34-16-7-4-8-17-34;/h5-6,9-15,18H,4,7-8,16-17H2,1-3H3,(H,30,31)(H,32,35);1H. The number of amides is 2. The SMILES string of the molecule is COc1cc(C(=O)N(C)c2ccccc2N2CCCCC2)ccc1C(=O)Nc1cccc2[nH]c(C)nc12.Cl. The van der Waals surface area contributed by atoms with Crippen LogP contribution >= 0.6 is 12.4 Å². The molecule has 2 amide bonds. The first-order valence-corrected chi connectivity index (χ1v) is 12.5. The summed E-state index contributed by atoms with van der Waals surface area (Å²) in [7, 11) is 3.28. The topological polar surface area (TPSA) is 90.6 Å². The number of nitrogens with one attached hydrogen (secondary N) is 2. The normalized spacial score (nSPS) is 13.1. The smallest absolute Gasteiger partial charge is 0.259 e. The zero-order chi connectivity index (χ0) is 25.9. The van der Waals surface area contributed by atoms with Crippen molar-refractivity contribution in [2.75, 3.05) is 42.4 Å². The molecule has 0 bridgehead atoms. The van der Waals surface area contributed by atoms with Gasteiger partial charge in [0, 0.05) is 25.7 Å². The Balaban J connectivity index is 0.00000336. The number of fused-ring (bicyclic) bond motifs is 1. The highest BCUT2D eigenvalue weighted by Gasteiger charge is 2.23. The number of rotatable bonds is 6. The van der Waals surface area contributed by atoms with E-state index in [2.05, 4.69) is 26.3 Å². The molecule has 198 valence electrons. The molecule has 2 N–H and O–H groups in total. The average molecular weight is 534 g/mol. The Morgan fingerprint density at radius 1 is 1.03 bits per heavy atom. The number of para-hydroxylation sites is 3. The van der Waals surface area contributed by atoms with Gasteiger partial charge in [-0.05, 0) is 68.7 Å². The molecule has 1 aromatic heterocycles. The molecule has 1 fully saturated rings. The molecule has 4 aromatic rings. The molecule has 3 aromatic carbocycles. The number of anilines is 3. The molecular weight excluding hydrogens is 502 g/mol. The van der Waals surface area contributed by atoms with Gasteiger partial charge in [0.1, 0.15) is 17.1 Å². The number of ether oxygens (including phenoxy) is 1. The minimum atomic E-state index is -0.340. The van der Waals surface area contributed by atoms with Gasteiger partial charge in [-0.25, -0.2) is 4.98 Å². The lowest BCUT2D eigenvalue weighted by atomic mass is 10.1. The van der Waals surface area contributed by atoms with Gasteiger partial charge in [0.15, 0.2) is 0 Å². The maximum atomic E-state index is 13.5. The predicted octanol–water partition coefficient (Wildman–Crippen LogP) is 5.82. The van der Waals surface area contributed by atoms with E-state index in [9.17, 15) is 9.59 Å². The molecule has 0 saturated carbocycles. The number of nitrogens with zero attached hydrogens (tertiary/aromatic N) is 3. The van der Waals surface area contributed by atoms with Crippen molar-refractivity contribution < 1.29 is 14.3 Å². The summed E-state index contributed by atoms with van der Waals surface area (Å²) in [5.74, 6) is 0.578. The van der Waals surface area contributed by atoms with Gasteiger partial charge in [-0.15, -0.1) is 12.4 Å². The van der Waals surface area contributed by atoms with Crippen molar-refractivity contribution in [1.29, 1.82) is 0 Å². The summed E-state index contributed by atoms with van der Waals surface area (Å²) in [6.07, 6.45) is 3.55. The van der Waals surface area contributed by atoms with Crippen molar-refractivity contribution in [3.63, 3.8) is 0 Å². The monoisotopic (exact) mass is 533 g/mol. The third-order valence-corrected chi connectivity index (χ3v) is 6.82. The predicted molar refractivity (Wildman–Crippen MR) is 154 cm³/mol. The average Bonchev–Trinajstić information content (AvgIpc) is 3.33. The van der Waals surface area contributed by atoms with Gasteiger partial charge in [0.25, 0.3) is 11.8 Å². The third-order valence-electron chi connectivity index (χ3n) is 6.82. The Labute approximate surface area is 228 Å². The van der Waals surface area contributed by atoms with Gasteiger partial charge >= 0.3 is 0 Å². The number of carbonyl (C=O) groups is 2. The van der Waals surface area contributed by atoms with Crippen molar-refractivity contribution in [3.05, 3.63) is 77.6 Å². The lowest BCUT2D eigenvalue weighted by Crippen LogP contribution is -2.33. The molecule has 2 heterocycles. The molecule has 1 aliphatic heterocycles. The van der Waals surface area contributed by atoms with Crippen LogP contribution < -0.4 is 19.9 Å². The molecule has 38 heavy (non-hydrogen) atoms. The molecule has 1 aliphatic rings. The number of aromatic amines is 1. The van der Waals surface area contributed by atoms with Crippen molar-refractivity contribution in [3.8, 4) is 5.75 Å².